The highest BCUT2D eigenvalue weighted by atomic mass is 16.5. The van der Waals surface area contributed by atoms with Gasteiger partial charge in [0.15, 0.2) is 0 Å². The van der Waals surface area contributed by atoms with E-state index in [0.717, 1.165) is 36.8 Å². The van der Waals surface area contributed by atoms with Crippen molar-refractivity contribution in [3.8, 4) is 0 Å². The summed E-state index contributed by atoms with van der Waals surface area (Å²) >= 11 is 0. The second-order valence-corrected chi connectivity index (χ2v) is 8.54. The summed E-state index contributed by atoms with van der Waals surface area (Å²) in [5.41, 5.74) is 16.4. The van der Waals surface area contributed by atoms with Crippen LogP contribution in [0.15, 0.2) is 60.7 Å². The summed E-state index contributed by atoms with van der Waals surface area (Å²) in [5.74, 6) is -0.244. The molecule has 0 aromatic heterocycles. The fourth-order valence-corrected chi connectivity index (χ4v) is 3.96. The number of benzene rings is 2. The molecule has 1 aliphatic carbocycles. The third-order valence-corrected chi connectivity index (χ3v) is 5.90. The van der Waals surface area contributed by atoms with Gasteiger partial charge in [-0.1, -0.05) is 36.9 Å². The van der Waals surface area contributed by atoms with Crippen LogP contribution in [0.2, 0.25) is 0 Å². The zero-order chi connectivity index (χ0) is 23.8. The maximum Gasteiger partial charge on any atom is 0.333 e. The van der Waals surface area contributed by atoms with E-state index in [1.165, 1.54) is 11.6 Å². The van der Waals surface area contributed by atoms with Crippen molar-refractivity contribution in [1.82, 2.24) is 0 Å². The fourth-order valence-electron chi connectivity index (χ4n) is 3.96. The van der Waals surface area contributed by atoms with Crippen molar-refractivity contribution < 1.29 is 19.1 Å². The smallest absolute Gasteiger partial charge is 0.333 e. The summed E-state index contributed by atoms with van der Waals surface area (Å²) in [6, 6.07) is 13.5. The van der Waals surface area contributed by atoms with Gasteiger partial charge in [-0.05, 0) is 73.4 Å². The average Bonchev–Trinajstić information content (AvgIpc) is 2.80. The van der Waals surface area contributed by atoms with Crippen LogP contribution in [0, 0.1) is 0 Å². The lowest BCUT2D eigenvalue weighted by molar-refractivity contribution is -0.145. The lowest BCUT2D eigenvalue weighted by Crippen LogP contribution is -2.24. The van der Waals surface area contributed by atoms with E-state index in [9.17, 15) is 9.59 Å². The molecule has 1 fully saturated rings. The minimum absolute atomic E-state index is 0.0184. The van der Waals surface area contributed by atoms with Gasteiger partial charge in [0.2, 0.25) is 0 Å². The molecule has 0 radical (unpaired) electrons. The Morgan fingerprint density at radius 3 is 2.39 bits per heavy atom. The third-order valence-electron chi connectivity index (χ3n) is 5.90. The van der Waals surface area contributed by atoms with Crippen LogP contribution in [-0.2, 0) is 25.5 Å². The van der Waals surface area contributed by atoms with Crippen molar-refractivity contribution in [2.24, 2.45) is 0 Å². The van der Waals surface area contributed by atoms with Crippen LogP contribution in [0.5, 0.6) is 0 Å². The van der Waals surface area contributed by atoms with Crippen LogP contribution in [0.1, 0.15) is 55.2 Å². The number of carbonyl (C=O) groups excluding carboxylic acids is 2. The van der Waals surface area contributed by atoms with Gasteiger partial charge >= 0.3 is 11.9 Å². The van der Waals surface area contributed by atoms with Crippen molar-refractivity contribution in [1.29, 1.82) is 0 Å². The number of esters is 2. The zero-order valence-electron chi connectivity index (χ0n) is 19.1. The summed E-state index contributed by atoms with van der Waals surface area (Å²) in [7, 11) is 0. The molecule has 0 aliphatic heterocycles. The van der Waals surface area contributed by atoms with Gasteiger partial charge in [0.1, 0.15) is 6.10 Å². The highest BCUT2D eigenvalue weighted by Crippen LogP contribution is 2.34. The standard InChI is InChI=1S/C27H32N2O4/c1-18(2)27(31)33-24-12-9-21(10-13-24)20-6-3-19(4-7-20)5-14-26(30)32-16-15-22-8-11-23(28)17-25(22)29/h3-8,11,14,17,21,24H,1,9-10,12-13,15-16,28-29H2,2H3/b14-5+. The van der Waals surface area contributed by atoms with Gasteiger partial charge in [0.25, 0.3) is 0 Å². The Kier molecular flexibility index (Phi) is 8.30. The molecule has 0 atom stereocenters. The van der Waals surface area contributed by atoms with Crippen molar-refractivity contribution in [3.63, 3.8) is 0 Å². The first-order chi connectivity index (χ1) is 15.8. The molecule has 0 heterocycles. The molecular formula is C27H32N2O4. The Balaban J connectivity index is 1.43. The second kappa shape index (κ2) is 11.4. The van der Waals surface area contributed by atoms with Crippen LogP contribution in [0.4, 0.5) is 11.4 Å². The molecule has 0 unspecified atom stereocenters. The van der Waals surface area contributed by atoms with E-state index in [1.807, 2.05) is 18.2 Å². The number of nitrogen functional groups attached to an aromatic ring is 2. The van der Waals surface area contributed by atoms with E-state index in [0.29, 0.717) is 29.3 Å². The van der Waals surface area contributed by atoms with Gasteiger partial charge in [-0.15, -0.1) is 0 Å². The molecule has 2 aromatic rings. The number of ether oxygens (including phenoxy) is 2. The van der Waals surface area contributed by atoms with E-state index in [-0.39, 0.29) is 18.7 Å². The predicted octanol–water partition coefficient (Wildman–Crippen LogP) is 4.80. The van der Waals surface area contributed by atoms with Crippen LogP contribution < -0.4 is 11.5 Å². The number of rotatable bonds is 8. The van der Waals surface area contributed by atoms with Crippen LogP contribution >= 0.6 is 0 Å². The monoisotopic (exact) mass is 448 g/mol. The Bertz CT molecular complexity index is 1020. The molecule has 174 valence electrons. The molecule has 0 spiro atoms. The van der Waals surface area contributed by atoms with Gasteiger partial charge in [-0.2, -0.15) is 0 Å². The molecule has 0 bridgehead atoms. The van der Waals surface area contributed by atoms with Crippen molar-refractivity contribution >= 4 is 29.4 Å². The van der Waals surface area contributed by atoms with E-state index in [4.69, 9.17) is 20.9 Å². The molecule has 1 aliphatic rings. The summed E-state index contributed by atoms with van der Waals surface area (Å²) < 4.78 is 10.7. The summed E-state index contributed by atoms with van der Waals surface area (Å²) in [5, 5.41) is 0. The van der Waals surface area contributed by atoms with Gasteiger partial charge in [0, 0.05) is 29.4 Å². The van der Waals surface area contributed by atoms with Crippen LogP contribution in [-0.4, -0.2) is 24.6 Å². The third kappa shape index (κ3) is 7.24. The molecule has 1 saturated carbocycles. The fraction of sp³-hybridized carbons (Fsp3) is 0.333. The zero-order valence-corrected chi connectivity index (χ0v) is 19.1. The maximum absolute atomic E-state index is 12.0. The quantitative estimate of drug-likeness (QED) is 0.342. The summed E-state index contributed by atoms with van der Waals surface area (Å²) in [4.78, 5) is 23.7. The van der Waals surface area contributed by atoms with Crippen molar-refractivity contribution in [2.45, 2.75) is 51.0 Å². The first-order valence-electron chi connectivity index (χ1n) is 11.3. The number of hydrogen-bond acceptors (Lipinski definition) is 6. The lowest BCUT2D eigenvalue weighted by Gasteiger charge is -2.28. The molecule has 3 rings (SSSR count). The van der Waals surface area contributed by atoms with E-state index in [2.05, 4.69) is 18.7 Å². The first kappa shape index (κ1) is 24.1. The number of carbonyl (C=O) groups is 2. The molecule has 4 N–H and O–H groups in total. The first-order valence-corrected chi connectivity index (χ1v) is 11.3. The van der Waals surface area contributed by atoms with Crippen LogP contribution in [0.3, 0.4) is 0 Å². The molecule has 33 heavy (non-hydrogen) atoms. The Morgan fingerprint density at radius 2 is 1.76 bits per heavy atom. The van der Waals surface area contributed by atoms with E-state index >= 15 is 0 Å². The van der Waals surface area contributed by atoms with Gasteiger partial charge in [0.05, 0.1) is 6.61 Å². The van der Waals surface area contributed by atoms with E-state index in [1.54, 1.807) is 25.1 Å². The minimum atomic E-state index is -0.393. The Labute approximate surface area is 195 Å². The number of anilines is 2. The summed E-state index contributed by atoms with van der Waals surface area (Å²) in [6.45, 7) is 5.55. The molecule has 6 heteroatoms. The largest absolute Gasteiger partial charge is 0.462 e. The normalized spacial score (nSPS) is 18.1. The highest BCUT2D eigenvalue weighted by Gasteiger charge is 2.25. The second-order valence-electron chi connectivity index (χ2n) is 8.54. The van der Waals surface area contributed by atoms with Crippen molar-refractivity contribution in [3.05, 3.63) is 77.4 Å². The molecule has 6 nitrogen and oxygen atoms in total. The highest BCUT2D eigenvalue weighted by molar-refractivity contribution is 5.87. The molecule has 2 aromatic carbocycles. The number of hydrogen-bond donors (Lipinski definition) is 2. The van der Waals surface area contributed by atoms with E-state index < -0.39 is 5.97 Å². The van der Waals surface area contributed by atoms with Gasteiger partial charge < -0.3 is 20.9 Å². The van der Waals surface area contributed by atoms with Crippen molar-refractivity contribution in [2.75, 3.05) is 18.1 Å². The Hall–Kier alpha value is -3.54. The molecule has 0 saturated heterocycles. The molecule has 0 amide bonds. The molecular weight excluding hydrogens is 416 g/mol. The SMILES string of the molecule is C=C(C)C(=O)OC1CCC(c2ccc(/C=C/C(=O)OCCc3ccc(N)cc3N)cc2)CC1. The summed E-state index contributed by atoms with van der Waals surface area (Å²) in [6.07, 6.45) is 7.38. The van der Waals surface area contributed by atoms with Gasteiger partial charge in [-0.25, -0.2) is 9.59 Å². The Morgan fingerprint density at radius 1 is 1.06 bits per heavy atom. The van der Waals surface area contributed by atoms with Crippen LogP contribution in [0.25, 0.3) is 6.08 Å². The number of nitrogens with two attached hydrogens (primary N) is 2. The predicted molar refractivity (Wildman–Crippen MR) is 131 cm³/mol. The maximum atomic E-state index is 12.0. The topological polar surface area (TPSA) is 105 Å². The minimum Gasteiger partial charge on any atom is -0.462 e. The average molecular weight is 449 g/mol. The van der Waals surface area contributed by atoms with Gasteiger partial charge in [-0.3, -0.25) is 0 Å². The lowest BCUT2D eigenvalue weighted by atomic mass is 9.82.